The fourth-order valence-corrected chi connectivity index (χ4v) is 3.14. The first kappa shape index (κ1) is 12.5. The van der Waals surface area contributed by atoms with Crippen LogP contribution in [-0.2, 0) is 16.4 Å². The standard InChI is InChI=1S/C12H18N2O2S/c1-3-10-4-6-12(7-5-10)17(15,16)14(2)11-8-13-9-11/h4-7,11,13H,3,8-9H2,1-2H3. The van der Waals surface area contributed by atoms with E-state index in [1.807, 2.05) is 12.1 Å². The molecule has 1 aromatic carbocycles. The summed E-state index contributed by atoms with van der Waals surface area (Å²) in [6.45, 7) is 3.53. The first-order valence-corrected chi connectivity index (χ1v) is 7.27. The van der Waals surface area contributed by atoms with Gasteiger partial charge in [-0.25, -0.2) is 8.42 Å². The zero-order valence-corrected chi connectivity index (χ0v) is 11.0. The van der Waals surface area contributed by atoms with Gasteiger partial charge in [-0.15, -0.1) is 0 Å². The summed E-state index contributed by atoms with van der Waals surface area (Å²) in [5, 5.41) is 3.08. The van der Waals surface area contributed by atoms with Crippen LogP contribution in [0.2, 0.25) is 0 Å². The maximum absolute atomic E-state index is 12.3. The third kappa shape index (κ3) is 2.36. The van der Waals surface area contributed by atoms with Gasteiger partial charge >= 0.3 is 0 Å². The number of aryl methyl sites for hydroxylation is 1. The zero-order chi connectivity index (χ0) is 12.5. The number of nitrogens with zero attached hydrogens (tertiary/aromatic N) is 1. The lowest BCUT2D eigenvalue weighted by Gasteiger charge is -2.34. The van der Waals surface area contributed by atoms with Crippen molar-refractivity contribution in [2.45, 2.75) is 24.3 Å². The molecule has 0 aliphatic carbocycles. The molecule has 1 aliphatic heterocycles. The molecule has 17 heavy (non-hydrogen) atoms. The minimum Gasteiger partial charge on any atom is -0.313 e. The van der Waals surface area contributed by atoms with Crippen LogP contribution in [-0.4, -0.2) is 38.9 Å². The molecule has 0 atom stereocenters. The third-order valence-corrected chi connectivity index (χ3v) is 5.21. The molecule has 1 N–H and O–H groups in total. The Balaban J connectivity index is 2.23. The van der Waals surface area contributed by atoms with Crippen LogP contribution in [0.5, 0.6) is 0 Å². The first-order valence-electron chi connectivity index (χ1n) is 5.83. The molecule has 94 valence electrons. The summed E-state index contributed by atoms with van der Waals surface area (Å²) in [6, 6.07) is 7.22. The number of hydrogen-bond donors (Lipinski definition) is 1. The van der Waals surface area contributed by atoms with Gasteiger partial charge in [-0.05, 0) is 24.1 Å². The topological polar surface area (TPSA) is 49.4 Å². The maximum Gasteiger partial charge on any atom is 0.243 e. The van der Waals surface area contributed by atoms with E-state index in [1.54, 1.807) is 19.2 Å². The molecule has 0 bridgehead atoms. The van der Waals surface area contributed by atoms with Gasteiger partial charge in [0.2, 0.25) is 10.0 Å². The molecule has 1 aromatic rings. The van der Waals surface area contributed by atoms with Crippen molar-refractivity contribution in [3.8, 4) is 0 Å². The molecule has 1 aliphatic rings. The van der Waals surface area contributed by atoms with Crippen molar-refractivity contribution in [3.05, 3.63) is 29.8 Å². The number of rotatable bonds is 4. The van der Waals surface area contributed by atoms with E-state index in [-0.39, 0.29) is 6.04 Å². The van der Waals surface area contributed by atoms with Crippen molar-refractivity contribution in [1.29, 1.82) is 0 Å². The highest BCUT2D eigenvalue weighted by Gasteiger charge is 2.31. The lowest BCUT2D eigenvalue weighted by molar-refractivity contribution is 0.274. The lowest BCUT2D eigenvalue weighted by Crippen LogP contribution is -2.57. The molecular weight excluding hydrogens is 236 g/mol. The minimum absolute atomic E-state index is 0.0888. The Labute approximate surface area is 103 Å². The van der Waals surface area contributed by atoms with Gasteiger partial charge in [0.1, 0.15) is 0 Å². The Morgan fingerprint density at radius 1 is 1.29 bits per heavy atom. The van der Waals surface area contributed by atoms with Crippen LogP contribution >= 0.6 is 0 Å². The highest BCUT2D eigenvalue weighted by Crippen LogP contribution is 2.18. The van der Waals surface area contributed by atoms with Gasteiger partial charge in [0.15, 0.2) is 0 Å². The predicted octanol–water partition coefficient (Wildman–Crippen LogP) is 0.841. The van der Waals surface area contributed by atoms with E-state index < -0.39 is 10.0 Å². The maximum atomic E-state index is 12.3. The molecule has 1 saturated heterocycles. The van der Waals surface area contributed by atoms with Gasteiger partial charge in [0, 0.05) is 26.2 Å². The second-order valence-corrected chi connectivity index (χ2v) is 6.33. The summed E-state index contributed by atoms with van der Waals surface area (Å²) in [4.78, 5) is 0.379. The van der Waals surface area contributed by atoms with E-state index in [9.17, 15) is 8.42 Å². The molecule has 0 radical (unpaired) electrons. The van der Waals surface area contributed by atoms with Gasteiger partial charge in [0.25, 0.3) is 0 Å². The molecule has 1 heterocycles. The molecule has 2 rings (SSSR count). The highest BCUT2D eigenvalue weighted by molar-refractivity contribution is 7.89. The first-order chi connectivity index (χ1) is 8.05. The molecule has 0 saturated carbocycles. The van der Waals surface area contributed by atoms with Crippen LogP contribution in [0.4, 0.5) is 0 Å². The summed E-state index contributed by atoms with van der Waals surface area (Å²) in [7, 11) is -1.68. The zero-order valence-electron chi connectivity index (χ0n) is 10.2. The summed E-state index contributed by atoms with van der Waals surface area (Å²) in [6.07, 6.45) is 0.919. The average Bonchev–Trinajstić information content (AvgIpc) is 2.27. The molecule has 0 unspecified atom stereocenters. The largest absolute Gasteiger partial charge is 0.313 e. The Bertz CT molecular complexity index is 478. The highest BCUT2D eigenvalue weighted by atomic mass is 32.2. The summed E-state index contributed by atoms with van der Waals surface area (Å²) >= 11 is 0. The van der Waals surface area contributed by atoms with E-state index in [0.717, 1.165) is 25.1 Å². The van der Waals surface area contributed by atoms with E-state index in [0.29, 0.717) is 4.90 Å². The van der Waals surface area contributed by atoms with Gasteiger partial charge in [-0.2, -0.15) is 4.31 Å². The van der Waals surface area contributed by atoms with Gasteiger partial charge in [-0.3, -0.25) is 0 Å². The fourth-order valence-electron chi connectivity index (χ4n) is 1.79. The number of nitrogens with one attached hydrogen (secondary N) is 1. The minimum atomic E-state index is -3.33. The van der Waals surface area contributed by atoms with Crippen molar-refractivity contribution in [2.24, 2.45) is 0 Å². The van der Waals surface area contributed by atoms with E-state index in [1.165, 1.54) is 4.31 Å². The summed E-state index contributed by atoms with van der Waals surface area (Å²) in [5.74, 6) is 0. The van der Waals surface area contributed by atoms with Crippen LogP contribution in [0.3, 0.4) is 0 Å². The monoisotopic (exact) mass is 254 g/mol. The van der Waals surface area contributed by atoms with Crippen LogP contribution in [0.25, 0.3) is 0 Å². The molecule has 0 amide bonds. The molecule has 1 fully saturated rings. The fraction of sp³-hybridized carbons (Fsp3) is 0.500. The van der Waals surface area contributed by atoms with Crippen molar-refractivity contribution >= 4 is 10.0 Å². The number of likely N-dealkylation sites (N-methyl/N-ethyl adjacent to an activating group) is 1. The molecule has 5 heteroatoms. The Hall–Kier alpha value is -0.910. The Morgan fingerprint density at radius 3 is 2.29 bits per heavy atom. The quantitative estimate of drug-likeness (QED) is 0.866. The van der Waals surface area contributed by atoms with Crippen molar-refractivity contribution in [3.63, 3.8) is 0 Å². The Kier molecular flexibility index (Phi) is 3.51. The van der Waals surface area contributed by atoms with Gasteiger partial charge in [0.05, 0.1) is 4.90 Å². The van der Waals surface area contributed by atoms with E-state index in [4.69, 9.17) is 0 Å². The summed E-state index contributed by atoms with van der Waals surface area (Å²) < 4.78 is 26.0. The molecule has 0 aromatic heterocycles. The van der Waals surface area contributed by atoms with Crippen LogP contribution in [0.15, 0.2) is 29.2 Å². The van der Waals surface area contributed by atoms with Crippen molar-refractivity contribution in [1.82, 2.24) is 9.62 Å². The van der Waals surface area contributed by atoms with Gasteiger partial charge < -0.3 is 5.32 Å². The third-order valence-electron chi connectivity index (χ3n) is 3.28. The van der Waals surface area contributed by atoms with Crippen molar-refractivity contribution in [2.75, 3.05) is 20.1 Å². The average molecular weight is 254 g/mol. The second-order valence-electron chi connectivity index (χ2n) is 4.33. The van der Waals surface area contributed by atoms with Crippen LogP contribution < -0.4 is 5.32 Å². The van der Waals surface area contributed by atoms with Gasteiger partial charge in [-0.1, -0.05) is 19.1 Å². The molecule has 0 spiro atoms. The SMILES string of the molecule is CCc1ccc(S(=O)(=O)N(C)C2CNC2)cc1. The molecular formula is C12H18N2O2S. The van der Waals surface area contributed by atoms with Crippen molar-refractivity contribution < 1.29 is 8.42 Å². The van der Waals surface area contributed by atoms with Crippen LogP contribution in [0, 0.1) is 0 Å². The van der Waals surface area contributed by atoms with Crippen LogP contribution in [0.1, 0.15) is 12.5 Å². The molecule has 4 nitrogen and oxygen atoms in total. The number of hydrogen-bond acceptors (Lipinski definition) is 3. The smallest absolute Gasteiger partial charge is 0.243 e. The van der Waals surface area contributed by atoms with E-state index >= 15 is 0 Å². The normalized spacial score (nSPS) is 17.1. The van der Waals surface area contributed by atoms with E-state index in [2.05, 4.69) is 12.2 Å². The predicted molar refractivity (Wildman–Crippen MR) is 67.4 cm³/mol. The number of sulfonamides is 1. The number of benzene rings is 1. The second kappa shape index (κ2) is 4.76. The lowest BCUT2D eigenvalue weighted by atomic mass is 10.2. The summed E-state index contributed by atoms with van der Waals surface area (Å²) in [5.41, 5.74) is 1.15. The Morgan fingerprint density at radius 2 is 1.88 bits per heavy atom.